The Morgan fingerprint density at radius 1 is 1.65 bits per heavy atom. The number of thiophene rings is 1. The predicted molar refractivity (Wildman–Crippen MR) is 69.1 cm³/mol. The molecule has 4 heteroatoms. The van der Waals surface area contributed by atoms with Crippen molar-refractivity contribution in [3.05, 3.63) is 16.0 Å². The number of amides is 1. The molecule has 1 atom stereocenters. The summed E-state index contributed by atoms with van der Waals surface area (Å²) in [7, 11) is 0. The summed E-state index contributed by atoms with van der Waals surface area (Å²) in [5.74, 6) is 0.663. The molecule has 0 fully saturated rings. The molecule has 1 aromatic heterocycles. The number of nitriles is 1. The van der Waals surface area contributed by atoms with Gasteiger partial charge in [-0.1, -0.05) is 13.8 Å². The van der Waals surface area contributed by atoms with Crippen molar-refractivity contribution < 1.29 is 4.79 Å². The van der Waals surface area contributed by atoms with Crippen LogP contribution in [0.25, 0.3) is 0 Å². The van der Waals surface area contributed by atoms with Crippen LogP contribution in [0.5, 0.6) is 0 Å². The summed E-state index contributed by atoms with van der Waals surface area (Å²) in [6.45, 7) is 4.05. The molecule has 0 unspecified atom stereocenters. The number of hydrogen-bond donors (Lipinski definition) is 1. The van der Waals surface area contributed by atoms with Gasteiger partial charge in [0, 0.05) is 11.3 Å². The van der Waals surface area contributed by atoms with E-state index in [1.807, 2.05) is 6.92 Å². The van der Waals surface area contributed by atoms with Gasteiger partial charge in [0.2, 0.25) is 5.91 Å². The molecule has 1 heterocycles. The van der Waals surface area contributed by atoms with Crippen LogP contribution in [0.1, 0.15) is 42.7 Å². The predicted octanol–water partition coefficient (Wildman–Crippen LogP) is 3.09. The fraction of sp³-hybridized carbons (Fsp3) is 0.538. The second-order valence-electron chi connectivity index (χ2n) is 4.57. The monoisotopic (exact) mass is 248 g/mol. The third kappa shape index (κ3) is 2.34. The van der Waals surface area contributed by atoms with Gasteiger partial charge in [0.15, 0.2) is 0 Å². The topological polar surface area (TPSA) is 52.9 Å². The van der Waals surface area contributed by atoms with Crippen LogP contribution in [0.2, 0.25) is 0 Å². The number of carbonyl (C=O) groups excluding carboxylic acids is 1. The average Bonchev–Trinajstić information content (AvgIpc) is 2.64. The highest BCUT2D eigenvalue weighted by Crippen LogP contribution is 2.39. The fourth-order valence-electron chi connectivity index (χ4n) is 2.17. The summed E-state index contributed by atoms with van der Waals surface area (Å²) < 4.78 is 0. The maximum absolute atomic E-state index is 11.4. The van der Waals surface area contributed by atoms with Crippen molar-refractivity contribution >= 4 is 22.2 Å². The van der Waals surface area contributed by atoms with Gasteiger partial charge in [-0.3, -0.25) is 4.79 Å². The molecule has 0 aromatic carbocycles. The van der Waals surface area contributed by atoms with Crippen LogP contribution in [0.3, 0.4) is 0 Å². The molecule has 2 rings (SSSR count). The number of hydrogen-bond acceptors (Lipinski definition) is 3. The summed E-state index contributed by atoms with van der Waals surface area (Å²) in [6, 6.07) is 2.24. The molecule has 0 spiro atoms. The van der Waals surface area contributed by atoms with Crippen LogP contribution in [0.15, 0.2) is 0 Å². The van der Waals surface area contributed by atoms with Gasteiger partial charge in [-0.25, -0.2) is 0 Å². The molecule has 1 amide bonds. The van der Waals surface area contributed by atoms with Crippen molar-refractivity contribution in [3.63, 3.8) is 0 Å². The summed E-state index contributed by atoms with van der Waals surface area (Å²) in [5.41, 5.74) is 1.86. The van der Waals surface area contributed by atoms with Crippen LogP contribution >= 0.6 is 11.3 Å². The van der Waals surface area contributed by atoms with E-state index in [1.165, 1.54) is 10.4 Å². The van der Waals surface area contributed by atoms with E-state index in [9.17, 15) is 10.1 Å². The average molecular weight is 248 g/mol. The number of fused-ring (bicyclic) bond motifs is 1. The van der Waals surface area contributed by atoms with E-state index >= 15 is 0 Å². The summed E-state index contributed by atoms with van der Waals surface area (Å²) >= 11 is 1.58. The van der Waals surface area contributed by atoms with Crippen molar-refractivity contribution in [2.45, 2.75) is 39.5 Å². The van der Waals surface area contributed by atoms with E-state index in [0.717, 1.165) is 24.3 Å². The first-order valence-corrected chi connectivity index (χ1v) is 6.81. The lowest BCUT2D eigenvalue weighted by Crippen LogP contribution is -2.10. The van der Waals surface area contributed by atoms with Gasteiger partial charge in [0.25, 0.3) is 0 Å². The molecule has 17 heavy (non-hydrogen) atoms. The minimum absolute atomic E-state index is 0.0202. The lowest BCUT2D eigenvalue weighted by Gasteiger charge is -2.17. The number of carbonyl (C=O) groups is 1. The van der Waals surface area contributed by atoms with E-state index < -0.39 is 0 Å². The Hall–Kier alpha value is -1.34. The Kier molecular flexibility index (Phi) is 3.49. The molecule has 0 saturated heterocycles. The molecule has 0 aliphatic heterocycles. The molecule has 1 aliphatic carbocycles. The van der Waals surface area contributed by atoms with Gasteiger partial charge in [-0.05, 0) is 30.7 Å². The Labute approximate surface area is 105 Å². The highest BCUT2D eigenvalue weighted by molar-refractivity contribution is 7.16. The van der Waals surface area contributed by atoms with Crippen LogP contribution < -0.4 is 5.32 Å². The van der Waals surface area contributed by atoms with E-state index in [2.05, 4.69) is 18.3 Å². The Morgan fingerprint density at radius 3 is 3.06 bits per heavy atom. The summed E-state index contributed by atoms with van der Waals surface area (Å²) in [4.78, 5) is 12.7. The summed E-state index contributed by atoms with van der Waals surface area (Å²) in [5, 5.41) is 12.8. The normalized spacial score (nSPS) is 18.3. The lowest BCUT2D eigenvalue weighted by atomic mass is 9.89. The van der Waals surface area contributed by atoms with Gasteiger partial charge >= 0.3 is 0 Å². The second kappa shape index (κ2) is 4.89. The molecule has 1 N–H and O–H groups in total. The van der Waals surface area contributed by atoms with Gasteiger partial charge < -0.3 is 5.32 Å². The Balaban J connectivity index is 2.34. The third-order valence-electron chi connectivity index (χ3n) is 3.20. The minimum Gasteiger partial charge on any atom is -0.317 e. The first-order valence-electron chi connectivity index (χ1n) is 6.00. The Morgan fingerprint density at radius 2 is 2.41 bits per heavy atom. The van der Waals surface area contributed by atoms with E-state index in [0.29, 0.717) is 17.9 Å². The van der Waals surface area contributed by atoms with Crippen LogP contribution in [0, 0.1) is 17.2 Å². The highest BCUT2D eigenvalue weighted by Gasteiger charge is 2.24. The standard InChI is InChI=1S/C13H16N2OS/c1-3-12(16)15-13-10(7-14)9-5-4-8(2)6-11(9)17-13/h8H,3-6H2,1-2H3,(H,15,16)/t8-/m0/s1. The van der Waals surface area contributed by atoms with Crippen molar-refractivity contribution in [2.75, 3.05) is 5.32 Å². The highest BCUT2D eigenvalue weighted by atomic mass is 32.1. The van der Waals surface area contributed by atoms with E-state index in [-0.39, 0.29) is 5.91 Å². The van der Waals surface area contributed by atoms with Gasteiger partial charge in [-0.2, -0.15) is 5.26 Å². The Bertz CT molecular complexity index is 484. The molecular formula is C13H16N2OS. The molecule has 1 aliphatic rings. The van der Waals surface area contributed by atoms with Gasteiger partial charge in [0.1, 0.15) is 11.1 Å². The molecular weight excluding hydrogens is 232 g/mol. The minimum atomic E-state index is -0.0202. The SMILES string of the molecule is CCC(=O)Nc1sc2c(c1C#N)CC[C@H](C)C2. The zero-order chi connectivity index (χ0) is 12.4. The molecule has 1 aromatic rings. The quantitative estimate of drug-likeness (QED) is 0.874. The molecule has 3 nitrogen and oxygen atoms in total. The fourth-order valence-corrected chi connectivity index (χ4v) is 3.55. The lowest BCUT2D eigenvalue weighted by molar-refractivity contribution is -0.115. The van der Waals surface area contributed by atoms with E-state index in [4.69, 9.17) is 0 Å². The maximum atomic E-state index is 11.4. The molecule has 0 bridgehead atoms. The van der Waals surface area contributed by atoms with Crippen molar-refractivity contribution in [3.8, 4) is 6.07 Å². The second-order valence-corrected chi connectivity index (χ2v) is 5.67. The zero-order valence-electron chi connectivity index (χ0n) is 10.2. The van der Waals surface area contributed by atoms with Crippen molar-refractivity contribution in [1.29, 1.82) is 5.26 Å². The van der Waals surface area contributed by atoms with E-state index in [1.54, 1.807) is 11.3 Å². The van der Waals surface area contributed by atoms with Gasteiger partial charge in [0.05, 0.1) is 5.56 Å². The largest absolute Gasteiger partial charge is 0.317 e. The van der Waals surface area contributed by atoms with Crippen LogP contribution in [-0.2, 0) is 17.6 Å². The number of anilines is 1. The zero-order valence-corrected chi connectivity index (χ0v) is 11.0. The van der Waals surface area contributed by atoms with Crippen molar-refractivity contribution in [2.24, 2.45) is 5.92 Å². The third-order valence-corrected chi connectivity index (χ3v) is 4.37. The smallest absolute Gasteiger partial charge is 0.224 e. The molecule has 90 valence electrons. The molecule has 0 radical (unpaired) electrons. The summed E-state index contributed by atoms with van der Waals surface area (Å²) in [6.07, 6.45) is 3.60. The first kappa shape index (κ1) is 12.1. The number of nitrogens with one attached hydrogen (secondary N) is 1. The van der Waals surface area contributed by atoms with Crippen molar-refractivity contribution in [1.82, 2.24) is 0 Å². The number of rotatable bonds is 2. The van der Waals surface area contributed by atoms with Crippen LogP contribution in [0.4, 0.5) is 5.00 Å². The molecule has 0 saturated carbocycles. The maximum Gasteiger partial charge on any atom is 0.224 e. The van der Waals surface area contributed by atoms with Crippen LogP contribution in [-0.4, -0.2) is 5.91 Å². The number of nitrogens with zero attached hydrogens (tertiary/aromatic N) is 1. The first-order chi connectivity index (χ1) is 8.15. The van der Waals surface area contributed by atoms with Gasteiger partial charge in [-0.15, -0.1) is 11.3 Å².